The van der Waals surface area contributed by atoms with Crippen LogP contribution in [0.3, 0.4) is 0 Å². The Bertz CT molecular complexity index is 1070. The fourth-order valence-electron chi connectivity index (χ4n) is 2.73. The number of nitrogens with zero attached hydrogens (tertiary/aromatic N) is 3. The zero-order chi connectivity index (χ0) is 18.8. The van der Waals surface area contributed by atoms with Gasteiger partial charge in [-0.2, -0.15) is 0 Å². The average Bonchev–Trinajstić information content (AvgIpc) is 3.21. The Hall–Kier alpha value is -2.90. The molecule has 0 aliphatic carbocycles. The third-order valence-electron chi connectivity index (χ3n) is 4.08. The molecule has 4 aromatic rings. The van der Waals surface area contributed by atoms with Crippen molar-refractivity contribution in [2.24, 2.45) is 5.73 Å². The van der Waals surface area contributed by atoms with E-state index >= 15 is 0 Å². The minimum absolute atomic E-state index is 0.414. The molecule has 6 nitrogen and oxygen atoms in total. The second kappa shape index (κ2) is 7.38. The van der Waals surface area contributed by atoms with Crippen LogP contribution in [0.5, 0.6) is 0 Å². The topological polar surface area (TPSA) is 85.3 Å². The lowest BCUT2D eigenvalue weighted by molar-refractivity contribution is 0.1000. The summed E-state index contributed by atoms with van der Waals surface area (Å²) in [5.74, 6) is -0.414. The smallest absolute Gasteiger partial charge is 0.248 e. The van der Waals surface area contributed by atoms with Crippen LogP contribution >= 0.6 is 22.9 Å². The van der Waals surface area contributed by atoms with E-state index in [4.69, 9.17) is 17.3 Å². The standard InChI is InChI=1S/C19H16ClN5OS/c20-15-6-4-13(5-7-15)16-11-25-19(23-16)27-18(24-25)22-9-8-12-2-1-3-14(10-12)17(21)26/h1-7,10-11H,8-9H2,(H2,21,26)(H,22,24). The van der Waals surface area contributed by atoms with Gasteiger partial charge in [0.1, 0.15) is 0 Å². The number of fused-ring (bicyclic) bond motifs is 1. The summed E-state index contributed by atoms with van der Waals surface area (Å²) in [6.45, 7) is 0.697. The van der Waals surface area contributed by atoms with E-state index < -0.39 is 5.91 Å². The Morgan fingerprint density at radius 3 is 2.78 bits per heavy atom. The minimum atomic E-state index is -0.414. The number of halogens is 1. The predicted molar refractivity (Wildman–Crippen MR) is 108 cm³/mol. The van der Waals surface area contributed by atoms with Crippen molar-refractivity contribution in [3.05, 3.63) is 70.9 Å². The molecule has 0 atom stereocenters. The van der Waals surface area contributed by atoms with Gasteiger partial charge < -0.3 is 11.1 Å². The van der Waals surface area contributed by atoms with E-state index in [0.717, 1.165) is 33.3 Å². The van der Waals surface area contributed by atoms with Crippen molar-refractivity contribution in [2.75, 3.05) is 11.9 Å². The van der Waals surface area contributed by atoms with Gasteiger partial charge in [-0.25, -0.2) is 9.50 Å². The third-order valence-corrected chi connectivity index (χ3v) is 5.22. The first kappa shape index (κ1) is 17.5. The molecule has 0 bridgehead atoms. The molecule has 0 saturated heterocycles. The third kappa shape index (κ3) is 3.94. The number of imidazole rings is 1. The maximum absolute atomic E-state index is 11.2. The molecule has 1 amide bonds. The summed E-state index contributed by atoms with van der Waals surface area (Å²) >= 11 is 7.42. The lowest BCUT2D eigenvalue weighted by Crippen LogP contribution is -2.11. The van der Waals surface area contributed by atoms with Crippen molar-refractivity contribution in [3.8, 4) is 11.3 Å². The summed E-state index contributed by atoms with van der Waals surface area (Å²) in [5.41, 5.74) is 8.75. The summed E-state index contributed by atoms with van der Waals surface area (Å²) in [7, 11) is 0. The number of anilines is 1. The number of hydrogen-bond donors (Lipinski definition) is 2. The van der Waals surface area contributed by atoms with Gasteiger partial charge in [-0.3, -0.25) is 4.79 Å². The van der Waals surface area contributed by atoms with Crippen LogP contribution in [-0.4, -0.2) is 27.0 Å². The quantitative estimate of drug-likeness (QED) is 0.517. The molecule has 3 N–H and O–H groups in total. The molecule has 27 heavy (non-hydrogen) atoms. The molecule has 0 fully saturated rings. The molecule has 2 aromatic carbocycles. The van der Waals surface area contributed by atoms with Gasteiger partial charge in [0.05, 0.1) is 11.9 Å². The maximum Gasteiger partial charge on any atom is 0.248 e. The molecule has 136 valence electrons. The fraction of sp³-hybridized carbons (Fsp3) is 0.105. The van der Waals surface area contributed by atoms with E-state index in [1.54, 1.807) is 10.6 Å². The second-order valence-corrected chi connectivity index (χ2v) is 7.40. The van der Waals surface area contributed by atoms with E-state index in [1.807, 2.05) is 48.7 Å². The lowest BCUT2D eigenvalue weighted by atomic mass is 10.1. The number of hydrogen-bond acceptors (Lipinski definition) is 5. The molecule has 0 spiro atoms. The van der Waals surface area contributed by atoms with Crippen LogP contribution in [0.15, 0.2) is 54.7 Å². The summed E-state index contributed by atoms with van der Waals surface area (Å²) in [6.07, 6.45) is 2.66. The molecule has 0 saturated carbocycles. The molecule has 0 radical (unpaired) electrons. The molecule has 0 aliphatic heterocycles. The van der Waals surface area contributed by atoms with Crippen LogP contribution in [0.1, 0.15) is 15.9 Å². The van der Waals surface area contributed by atoms with E-state index in [9.17, 15) is 4.79 Å². The highest BCUT2D eigenvalue weighted by Crippen LogP contribution is 2.25. The Morgan fingerprint density at radius 1 is 1.22 bits per heavy atom. The lowest BCUT2D eigenvalue weighted by Gasteiger charge is -2.04. The number of carbonyl (C=O) groups is 1. The normalized spacial score (nSPS) is 11.0. The van der Waals surface area contributed by atoms with Crippen LogP contribution in [0.2, 0.25) is 5.02 Å². The zero-order valence-corrected chi connectivity index (χ0v) is 15.8. The molecular formula is C19H16ClN5OS. The first-order valence-corrected chi connectivity index (χ1v) is 9.53. The Kier molecular flexibility index (Phi) is 4.79. The number of carbonyl (C=O) groups excluding carboxylic acids is 1. The van der Waals surface area contributed by atoms with Gasteiger partial charge >= 0.3 is 0 Å². The molecule has 4 rings (SSSR count). The van der Waals surface area contributed by atoms with Gasteiger partial charge in [0.2, 0.25) is 16.0 Å². The van der Waals surface area contributed by atoms with Gasteiger partial charge in [0, 0.05) is 22.7 Å². The second-order valence-electron chi connectivity index (χ2n) is 6.01. The highest BCUT2D eigenvalue weighted by molar-refractivity contribution is 7.20. The van der Waals surface area contributed by atoms with E-state index in [0.29, 0.717) is 17.1 Å². The number of primary amides is 1. The Labute approximate surface area is 164 Å². The average molecular weight is 398 g/mol. The molecule has 2 aromatic heterocycles. The molecule has 0 unspecified atom stereocenters. The maximum atomic E-state index is 11.2. The molecule has 8 heteroatoms. The number of amides is 1. The van der Waals surface area contributed by atoms with E-state index in [1.165, 1.54) is 11.3 Å². The summed E-state index contributed by atoms with van der Waals surface area (Å²) in [5, 5.41) is 9.31. The molecular weight excluding hydrogens is 382 g/mol. The van der Waals surface area contributed by atoms with Crippen molar-refractivity contribution >= 4 is 38.9 Å². The SMILES string of the molecule is NC(=O)c1cccc(CCNc2nn3cc(-c4ccc(Cl)cc4)nc3s2)c1. The van der Waals surface area contributed by atoms with Crippen molar-refractivity contribution in [1.29, 1.82) is 0 Å². The number of nitrogens with one attached hydrogen (secondary N) is 1. The summed E-state index contributed by atoms with van der Waals surface area (Å²) in [4.78, 5) is 16.7. The van der Waals surface area contributed by atoms with Gasteiger partial charge in [-0.05, 0) is 36.2 Å². The van der Waals surface area contributed by atoms with Gasteiger partial charge in [-0.15, -0.1) is 5.10 Å². The highest BCUT2D eigenvalue weighted by atomic mass is 35.5. The monoisotopic (exact) mass is 397 g/mol. The molecule has 2 heterocycles. The van der Waals surface area contributed by atoms with E-state index in [2.05, 4.69) is 15.4 Å². The number of benzene rings is 2. The first-order chi connectivity index (χ1) is 13.1. The number of aromatic nitrogens is 3. The predicted octanol–water partition coefficient (Wildman–Crippen LogP) is 3.86. The Balaban J connectivity index is 1.41. The number of nitrogens with two attached hydrogens (primary N) is 1. The Morgan fingerprint density at radius 2 is 2.04 bits per heavy atom. The van der Waals surface area contributed by atoms with Crippen molar-refractivity contribution in [3.63, 3.8) is 0 Å². The van der Waals surface area contributed by atoms with Gasteiger partial charge in [0.15, 0.2) is 0 Å². The van der Waals surface area contributed by atoms with Gasteiger partial charge in [0.25, 0.3) is 0 Å². The highest BCUT2D eigenvalue weighted by Gasteiger charge is 2.10. The molecule has 0 aliphatic rings. The van der Waals surface area contributed by atoms with Crippen molar-refractivity contribution < 1.29 is 4.79 Å². The van der Waals surface area contributed by atoms with Crippen LogP contribution in [0.25, 0.3) is 16.2 Å². The first-order valence-electron chi connectivity index (χ1n) is 8.33. The summed E-state index contributed by atoms with van der Waals surface area (Å²) in [6, 6.07) is 14.9. The van der Waals surface area contributed by atoms with Gasteiger partial charge in [-0.1, -0.05) is 47.2 Å². The van der Waals surface area contributed by atoms with Crippen molar-refractivity contribution in [1.82, 2.24) is 14.6 Å². The van der Waals surface area contributed by atoms with Crippen LogP contribution < -0.4 is 11.1 Å². The largest absolute Gasteiger partial charge is 0.366 e. The van der Waals surface area contributed by atoms with E-state index in [-0.39, 0.29) is 0 Å². The summed E-state index contributed by atoms with van der Waals surface area (Å²) < 4.78 is 1.77. The van der Waals surface area contributed by atoms with Crippen LogP contribution in [0.4, 0.5) is 5.13 Å². The van der Waals surface area contributed by atoms with Crippen molar-refractivity contribution in [2.45, 2.75) is 6.42 Å². The zero-order valence-electron chi connectivity index (χ0n) is 14.2. The minimum Gasteiger partial charge on any atom is -0.366 e. The fourth-order valence-corrected chi connectivity index (χ4v) is 3.66. The van der Waals surface area contributed by atoms with Crippen LogP contribution in [-0.2, 0) is 6.42 Å². The number of rotatable bonds is 6. The van der Waals surface area contributed by atoms with Crippen LogP contribution in [0, 0.1) is 0 Å².